The number of aromatic amines is 1. The first kappa shape index (κ1) is 22.0. The summed E-state index contributed by atoms with van der Waals surface area (Å²) in [4.78, 5) is 42.7. The second-order valence-corrected chi connectivity index (χ2v) is 7.46. The van der Waals surface area contributed by atoms with E-state index in [0.717, 1.165) is 0 Å². The molecule has 0 spiro atoms. The molecule has 31 heavy (non-hydrogen) atoms. The third kappa shape index (κ3) is 5.08. The average molecular weight is 463 g/mol. The number of thiol groups is 1. The molecule has 0 atom stereocenters. The summed E-state index contributed by atoms with van der Waals surface area (Å²) in [6.07, 6.45) is 1.20. The lowest BCUT2D eigenvalue weighted by Gasteiger charge is -2.09. The van der Waals surface area contributed by atoms with Crippen molar-refractivity contribution in [1.82, 2.24) is 9.97 Å². The summed E-state index contributed by atoms with van der Waals surface area (Å²) in [5, 5.41) is 5.21. The van der Waals surface area contributed by atoms with Gasteiger partial charge in [0, 0.05) is 11.4 Å². The van der Waals surface area contributed by atoms with Crippen LogP contribution in [0.1, 0.15) is 31.3 Å². The lowest BCUT2D eigenvalue weighted by Crippen LogP contribution is -2.17. The van der Waals surface area contributed by atoms with Gasteiger partial charge in [0.2, 0.25) is 0 Å². The second kappa shape index (κ2) is 9.41. The van der Waals surface area contributed by atoms with Crippen LogP contribution in [-0.4, -0.2) is 43.3 Å². The molecule has 160 valence electrons. The van der Waals surface area contributed by atoms with E-state index in [-0.39, 0.29) is 26.9 Å². The number of carbonyl (C=O) groups excluding carboxylic acids is 3. The fourth-order valence-corrected chi connectivity index (χ4v) is 3.32. The van der Waals surface area contributed by atoms with E-state index in [2.05, 4.69) is 25.3 Å². The summed E-state index contributed by atoms with van der Waals surface area (Å²) in [7, 11) is -1.63. The lowest BCUT2D eigenvalue weighted by molar-refractivity contribution is 0.0591. The second-order valence-electron chi connectivity index (χ2n) is 6.02. The van der Waals surface area contributed by atoms with Gasteiger partial charge < -0.3 is 20.4 Å². The maximum absolute atomic E-state index is 12.4. The molecular weight excluding hydrogens is 448 g/mol. The SMILES string of the molecule is COC(=O)c1nc[nH]c1C(=O)Nc1ccc(NC(=O)c2ccc([SH](=O)=O)cc2Cl)cc1. The maximum atomic E-state index is 12.4. The smallest absolute Gasteiger partial charge is 0.359 e. The topological polar surface area (TPSA) is 147 Å². The fourth-order valence-electron chi connectivity index (χ4n) is 2.55. The predicted octanol–water partition coefficient (Wildman–Crippen LogP) is 2.32. The van der Waals surface area contributed by atoms with Gasteiger partial charge >= 0.3 is 5.97 Å². The molecule has 12 heteroatoms. The molecule has 2 aromatic carbocycles. The Kier molecular flexibility index (Phi) is 6.68. The van der Waals surface area contributed by atoms with Gasteiger partial charge in [-0.15, -0.1) is 0 Å². The van der Waals surface area contributed by atoms with Crippen LogP contribution in [0.2, 0.25) is 5.02 Å². The Balaban J connectivity index is 1.68. The number of anilines is 2. The van der Waals surface area contributed by atoms with Crippen molar-refractivity contribution < 1.29 is 27.5 Å². The number of hydrogen-bond acceptors (Lipinski definition) is 7. The van der Waals surface area contributed by atoms with Gasteiger partial charge in [0.1, 0.15) is 5.69 Å². The molecule has 0 unspecified atom stereocenters. The van der Waals surface area contributed by atoms with Gasteiger partial charge in [-0.25, -0.2) is 18.2 Å². The highest BCUT2D eigenvalue weighted by Crippen LogP contribution is 2.21. The van der Waals surface area contributed by atoms with Gasteiger partial charge in [-0.3, -0.25) is 9.59 Å². The number of nitrogens with one attached hydrogen (secondary N) is 3. The molecule has 0 aliphatic rings. The highest BCUT2D eigenvalue weighted by Gasteiger charge is 2.21. The van der Waals surface area contributed by atoms with Crippen LogP contribution in [-0.2, 0) is 15.4 Å². The number of esters is 1. The summed E-state index contributed by atoms with van der Waals surface area (Å²) in [6.45, 7) is 0. The van der Waals surface area contributed by atoms with Crippen LogP contribution in [0.15, 0.2) is 53.7 Å². The van der Waals surface area contributed by atoms with E-state index < -0.39 is 28.5 Å². The molecule has 0 aliphatic heterocycles. The average Bonchev–Trinajstić information content (AvgIpc) is 3.24. The highest BCUT2D eigenvalue weighted by atomic mass is 35.5. The summed E-state index contributed by atoms with van der Waals surface area (Å²) < 4.78 is 26.6. The summed E-state index contributed by atoms with van der Waals surface area (Å²) in [5.74, 6) is -1.88. The van der Waals surface area contributed by atoms with Gasteiger partial charge in [-0.05, 0) is 42.5 Å². The Morgan fingerprint density at radius 1 is 1.00 bits per heavy atom. The van der Waals surface area contributed by atoms with E-state index in [9.17, 15) is 22.8 Å². The normalized spacial score (nSPS) is 10.5. The van der Waals surface area contributed by atoms with Gasteiger partial charge in [0.25, 0.3) is 11.8 Å². The molecule has 0 saturated carbocycles. The highest BCUT2D eigenvalue weighted by molar-refractivity contribution is 7.72. The minimum absolute atomic E-state index is 0.000879. The number of amides is 2. The quantitative estimate of drug-likeness (QED) is 0.324. The molecule has 3 N–H and O–H groups in total. The molecule has 0 radical (unpaired) electrons. The molecule has 2 amide bonds. The van der Waals surface area contributed by atoms with Crippen molar-refractivity contribution in [2.45, 2.75) is 4.90 Å². The van der Waals surface area contributed by atoms with Crippen LogP contribution in [0.25, 0.3) is 0 Å². The number of methoxy groups -OCH3 is 1. The molecule has 0 fully saturated rings. The standard InChI is InChI=1S/C19H15ClN4O6S/c1-30-19(27)16-15(21-9-22-16)18(26)24-11-4-2-10(3-5-11)23-17(25)13-7-6-12(31(28)29)8-14(13)20/h2-9,31H,1H3,(H,21,22)(H,23,25)(H,24,26). The molecule has 3 aromatic rings. The zero-order chi connectivity index (χ0) is 22.5. The Morgan fingerprint density at radius 3 is 2.16 bits per heavy atom. The number of nitrogens with zero attached hydrogens (tertiary/aromatic N) is 1. The number of carbonyl (C=O) groups is 3. The van der Waals surface area contributed by atoms with Crippen molar-refractivity contribution in [3.05, 3.63) is 70.8 Å². The Labute approximate surface area is 182 Å². The van der Waals surface area contributed by atoms with Crippen molar-refractivity contribution in [1.29, 1.82) is 0 Å². The number of benzene rings is 2. The van der Waals surface area contributed by atoms with Crippen molar-refractivity contribution in [3.8, 4) is 0 Å². The number of H-pyrrole nitrogens is 1. The first-order valence-corrected chi connectivity index (χ1v) is 10.1. The Bertz CT molecular complexity index is 1230. The zero-order valence-electron chi connectivity index (χ0n) is 15.8. The van der Waals surface area contributed by atoms with E-state index in [0.29, 0.717) is 11.4 Å². The van der Waals surface area contributed by atoms with E-state index in [4.69, 9.17) is 11.6 Å². The van der Waals surface area contributed by atoms with E-state index in [1.807, 2.05) is 0 Å². The zero-order valence-corrected chi connectivity index (χ0v) is 17.5. The van der Waals surface area contributed by atoms with E-state index in [1.165, 1.54) is 43.8 Å². The number of ether oxygens (including phenoxy) is 1. The van der Waals surface area contributed by atoms with Crippen LogP contribution >= 0.6 is 11.6 Å². The number of rotatable bonds is 6. The minimum Gasteiger partial charge on any atom is -0.464 e. The first-order valence-electron chi connectivity index (χ1n) is 8.58. The third-order valence-electron chi connectivity index (χ3n) is 4.05. The van der Waals surface area contributed by atoms with E-state index in [1.54, 1.807) is 12.1 Å². The fraction of sp³-hybridized carbons (Fsp3) is 0.0526. The molecule has 0 bridgehead atoms. The number of imidazole rings is 1. The number of aromatic nitrogens is 2. The molecule has 3 rings (SSSR count). The van der Waals surface area contributed by atoms with Crippen molar-refractivity contribution in [2.75, 3.05) is 17.7 Å². The molecule has 0 aliphatic carbocycles. The van der Waals surface area contributed by atoms with Gasteiger partial charge in [0.15, 0.2) is 16.4 Å². The monoisotopic (exact) mass is 462 g/mol. The molecule has 1 aromatic heterocycles. The van der Waals surface area contributed by atoms with E-state index >= 15 is 0 Å². The van der Waals surface area contributed by atoms with Crippen molar-refractivity contribution in [2.24, 2.45) is 0 Å². The maximum Gasteiger partial charge on any atom is 0.359 e. The summed E-state index contributed by atoms with van der Waals surface area (Å²) in [5.41, 5.74) is 0.717. The third-order valence-corrected chi connectivity index (χ3v) is 5.07. The first-order chi connectivity index (χ1) is 14.8. The van der Waals surface area contributed by atoms with Crippen molar-refractivity contribution in [3.63, 3.8) is 0 Å². The Hall–Kier alpha value is -3.70. The van der Waals surface area contributed by atoms with Gasteiger partial charge in [0.05, 0.1) is 28.9 Å². The van der Waals surface area contributed by atoms with Crippen LogP contribution < -0.4 is 10.6 Å². The largest absolute Gasteiger partial charge is 0.464 e. The summed E-state index contributed by atoms with van der Waals surface area (Å²) in [6, 6.07) is 9.94. The molecule has 10 nitrogen and oxygen atoms in total. The molecular formula is C19H15ClN4O6S. The van der Waals surface area contributed by atoms with Crippen molar-refractivity contribution >= 4 is 51.5 Å². The lowest BCUT2D eigenvalue weighted by atomic mass is 10.2. The van der Waals surface area contributed by atoms with Crippen LogP contribution in [0, 0.1) is 0 Å². The van der Waals surface area contributed by atoms with Crippen LogP contribution in [0.5, 0.6) is 0 Å². The predicted molar refractivity (Wildman–Crippen MR) is 112 cm³/mol. The van der Waals surface area contributed by atoms with Gasteiger partial charge in [-0.2, -0.15) is 0 Å². The van der Waals surface area contributed by atoms with Crippen LogP contribution in [0.3, 0.4) is 0 Å². The van der Waals surface area contributed by atoms with Crippen LogP contribution in [0.4, 0.5) is 11.4 Å². The number of halogens is 1. The molecule has 0 saturated heterocycles. The number of hydrogen-bond donors (Lipinski definition) is 4. The minimum atomic E-state index is -2.81. The summed E-state index contributed by atoms with van der Waals surface area (Å²) >= 11 is 5.99. The van der Waals surface area contributed by atoms with Gasteiger partial charge in [-0.1, -0.05) is 11.6 Å². The Morgan fingerprint density at radius 2 is 1.61 bits per heavy atom. The molecule has 1 heterocycles.